The van der Waals surface area contributed by atoms with Crippen molar-refractivity contribution in [1.29, 1.82) is 0 Å². The summed E-state index contributed by atoms with van der Waals surface area (Å²) in [4.78, 5) is 13.8. The van der Waals surface area contributed by atoms with Crippen molar-refractivity contribution < 1.29 is 26.9 Å². The number of halogens is 3. The van der Waals surface area contributed by atoms with Crippen molar-refractivity contribution in [3.8, 4) is 33.8 Å². The number of fused-ring (bicyclic) bond motifs is 3. The van der Waals surface area contributed by atoms with Crippen LogP contribution in [0.15, 0.2) is 115 Å². The van der Waals surface area contributed by atoms with Gasteiger partial charge in [-0.3, -0.25) is 0 Å². The Balaban J connectivity index is 0.000000140. The predicted octanol–water partition coefficient (Wildman–Crippen LogP) is 11.1. The van der Waals surface area contributed by atoms with Crippen LogP contribution in [0.4, 0.5) is 13.2 Å². The first-order valence-electron chi connectivity index (χ1n) is 20.6. The number of hydrogen-bond donors (Lipinski definition) is 0. The molecule has 9 aromatic rings. The van der Waals surface area contributed by atoms with Gasteiger partial charge in [-0.05, 0) is 156 Å². The maximum atomic E-state index is 13.7. The van der Waals surface area contributed by atoms with Crippen molar-refractivity contribution in [2.24, 2.45) is 21.1 Å². The lowest BCUT2D eigenvalue weighted by Crippen LogP contribution is -2.36. The van der Waals surface area contributed by atoms with Gasteiger partial charge in [-0.1, -0.05) is 36.4 Å². The highest BCUT2D eigenvalue weighted by Gasteiger charge is 2.23. The van der Waals surface area contributed by atoms with Crippen LogP contribution in [0.1, 0.15) is 45.3 Å². The zero-order valence-corrected chi connectivity index (χ0v) is 37.3. The van der Waals surface area contributed by atoms with Gasteiger partial charge in [-0.25, -0.2) is 26.9 Å². The third-order valence-corrected chi connectivity index (χ3v) is 11.8. The van der Waals surface area contributed by atoms with Crippen molar-refractivity contribution in [2.45, 2.75) is 55.4 Å². The van der Waals surface area contributed by atoms with Gasteiger partial charge in [-0.15, -0.1) is 0 Å². The monoisotopic (exact) mass is 829 g/mol. The fraction of sp³-hybridized carbons (Fsp3) is 0.208. The van der Waals surface area contributed by atoms with Crippen LogP contribution in [-0.4, -0.2) is 15.0 Å². The van der Waals surface area contributed by atoms with Crippen molar-refractivity contribution in [1.82, 2.24) is 15.0 Å². The van der Waals surface area contributed by atoms with E-state index in [-0.39, 0.29) is 17.5 Å². The molecule has 0 saturated heterocycles. The zero-order valence-electron chi connectivity index (χ0n) is 37.3. The van der Waals surface area contributed by atoms with E-state index in [2.05, 4.69) is 46.9 Å². The molecule has 0 amide bonds. The molecule has 0 bridgehead atoms. The molecule has 6 aromatic carbocycles. The fourth-order valence-electron chi connectivity index (χ4n) is 8.03. The van der Waals surface area contributed by atoms with E-state index in [9.17, 15) is 13.2 Å². The minimum atomic E-state index is -0.205. The maximum absolute atomic E-state index is 13.7. The Bertz CT molecular complexity index is 3050. The van der Waals surface area contributed by atoms with Crippen molar-refractivity contribution in [3.63, 3.8) is 0 Å². The van der Waals surface area contributed by atoms with Crippen LogP contribution in [0.2, 0.25) is 0 Å². The third-order valence-electron chi connectivity index (χ3n) is 11.8. The maximum Gasteiger partial charge on any atom is 0.296 e. The quantitative estimate of drug-likeness (QED) is 0.167. The molecular weight excluding hydrogens is 778 g/mol. The number of benzene rings is 6. The number of aromatic nitrogens is 6. The van der Waals surface area contributed by atoms with E-state index in [1.165, 1.54) is 6.07 Å². The Morgan fingerprint density at radius 2 is 0.677 bits per heavy atom. The molecule has 62 heavy (non-hydrogen) atoms. The van der Waals surface area contributed by atoms with E-state index in [0.717, 1.165) is 101 Å². The molecule has 9 heteroatoms. The summed E-state index contributed by atoms with van der Waals surface area (Å²) in [7, 11) is 6.00. The molecule has 0 spiro atoms. The largest absolute Gasteiger partial charge is 0.296 e. The highest BCUT2D eigenvalue weighted by Crippen LogP contribution is 2.31. The highest BCUT2D eigenvalue weighted by atomic mass is 19.1. The van der Waals surface area contributed by atoms with Gasteiger partial charge in [0.05, 0.1) is 37.3 Å². The van der Waals surface area contributed by atoms with Crippen molar-refractivity contribution >= 4 is 32.7 Å². The SMILES string of the molecule is Cc1cc(-c2c3ccccc3nc(C)[n+]2C)c(C)cc1F.Cc1cc(-c2c3ccccc3nc(C)[n+]2C)c(C)cc1F.Cc1cc(F)ccc1-c1c2ccccc2nc(C)[n+]1C. The second-order valence-electron chi connectivity index (χ2n) is 16.0. The number of aryl methyl sites for hydroxylation is 8. The van der Waals surface area contributed by atoms with E-state index in [0.29, 0.717) is 11.1 Å². The Labute approximate surface area is 361 Å². The van der Waals surface area contributed by atoms with Gasteiger partial charge in [0, 0.05) is 37.5 Å². The molecule has 0 saturated carbocycles. The minimum Gasteiger partial charge on any atom is -0.230 e. The topological polar surface area (TPSA) is 50.3 Å². The number of hydrogen-bond acceptors (Lipinski definition) is 3. The molecule has 0 aliphatic carbocycles. The standard InChI is InChI=1S/2C18H18FN2.C17H16FN2/c2*1-11-10-16(19)12(2)9-15(11)18-14-7-5-6-8-17(14)20-13(3)21(18)4;1-11-10-13(18)8-9-14(11)17-15-6-4-5-7-16(15)19-12(2)20(17)3/h2*5-10H,1-4H3;4-10H,1-3H3/q3*+1. The fourth-order valence-corrected chi connectivity index (χ4v) is 8.03. The summed E-state index contributed by atoms with van der Waals surface area (Å²) in [6.07, 6.45) is 0. The molecule has 6 nitrogen and oxygen atoms in total. The van der Waals surface area contributed by atoms with Crippen molar-refractivity contribution in [3.05, 3.63) is 178 Å². The molecule has 0 aliphatic heterocycles. The first-order valence-corrected chi connectivity index (χ1v) is 20.6. The molecule has 0 unspecified atom stereocenters. The van der Waals surface area contributed by atoms with Gasteiger partial charge < -0.3 is 0 Å². The Morgan fingerprint density at radius 1 is 0.355 bits per heavy atom. The van der Waals surface area contributed by atoms with E-state index in [4.69, 9.17) is 0 Å². The molecule has 0 fully saturated rings. The lowest BCUT2D eigenvalue weighted by Gasteiger charge is -2.11. The molecular formula is C53H52F3N6+3. The molecule has 0 N–H and O–H groups in total. The number of rotatable bonds is 3. The molecule has 0 atom stereocenters. The normalized spacial score (nSPS) is 11.1. The van der Waals surface area contributed by atoms with E-state index in [1.54, 1.807) is 32.0 Å². The molecule has 3 heterocycles. The van der Waals surface area contributed by atoms with Crippen LogP contribution in [0.3, 0.4) is 0 Å². The van der Waals surface area contributed by atoms with Gasteiger partial charge in [0.2, 0.25) is 0 Å². The van der Waals surface area contributed by atoms with E-state index >= 15 is 0 Å². The Hall–Kier alpha value is -6.87. The second kappa shape index (κ2) is 17.6. The smallest absolute Gasteiger partial charge is 0.230 e. The second-order valence-corrected chi connectivity index (χ2v) is 16.0. The summed E-state index contributed by atoms with van der Waals surface area (Å²) < 4.78 is 47.0. The number of nitrogens with zero attached hydrogens (tertiary/aromatic N) is 6. The van der Waals surface area contributed by atoms with E-state index < -0.39 is 0 Å². The zero-order chi connectivity index (χ0) is 44.6. The molecule has 0 radical (unpaired) electrons. The first kappa shape index (κ1) is 43.2. The summed E-state index contributed by atoms with van der Waals surface area (Å²) in [6.45, 7) is 15.4. The Kier molecular flexibility index (Phi) is 12.3. The van der Waals surface area contributed by atoms with Crippen LogP contribution in [-0.2, 0) is 21.1 Å². The van der Waals surface area contributed by atoms with Crippen LogP contribution in [0.25, 0.3) is 66.5 Å². The van der Waals surface area contributed by atoms with Gasteiger partial charge in [0.1, 0.15) is 34.5 Å². The summed E-state index contributed by atoms with van der Waals surface area (Å²) in [5, 5.41) is 3.25. The first-order chi connectivity index (χ1) is 29.5. The van der Waals surface area contributed by atoms with Crippen LogP contribution in [0.5, 0.6) is 0 Å². The molecule has 312 valence electrons. The van der Waals surface area contributed by atoms with Gasteiger partial charge >= 0.3 is 0 Å². The lowest BCUT2D eigenvalue weighted by molar-refractivity contribution is -0.668. The average molecular weight is 830 g/mol. The summed E-state index contributed by atoms with van der Waals surface area (Å²) in [5.74, 6) is 2.28. The Morgan fingerprint density at radius 3 is 1.03 bits per heavy atom. The highest BCUT2D eigenvalue weighted by molar-refractivity contribution is 5.93. The summed E-state index contributed by atoms with van der Waals surface area (Å²) in [5.41, 5.74) is 13.4. The van der Waals surface area contributed by atoms with Crippen LogP contribution < -0.4 is 13.7 Å². The molecule has 3 aromatic heterocycles. The third kappa shape index (κ3) is 8.40. The summed E-state index contributed by atoms with van der Waals surface area (Å²) >= 11 is 0. The van der Waals surface area contributed by atoms with Gasteiger partial charge in [-0.2, -0.15) is 0 Å². The summed E-state index contributed by atoms with van der Waals surface area (Å²) in [6, 6.07) is 36.2. The van der Waals surface area contributed by atoms with Crippen LogP contribution >= 0.6 is 0 Å². The predicted molar refractivity (Wildman–Crippen MR) is 243 cm³/mol. The van der Waals surface area contributed by atoms with Gasteiger partial charge in [0.15, 0.2) is 16.6 Å². The molecule has 0 aliphatic rings. The minimum absolute atomic E-state index is 0.158. The van der Waals surface area contributed by atoms with Crippen molar-refractivity contribution in [2.75, 3.05) is 0 Å². The van der Waals surface area contributed by atoms with Crippen LogP contribution in [0, 0.1) is 72.8 Å². The molecule has 9 rings (SSSR count). The lowest BCUT2D eigenvalue weighted by atomic mass is 9.98. The average Bonchev–Trinajstić information content (AvgIpc) is 3.23. The van der Waals surface area contributed by atoms with E-state index in [1.807, 2.05) is 135 Å². The van der Waals surface area contributed by atoms with Gasteiger partial charge in [0.25, 0.3) is 17.5 Å². The number of para-hydroxylation sites is 3.